The molecule has 0 radical (unpaired) electrons. The number of para-hydroxylation sites is 2. The molecule has 0 unspecified atom stereocenters. The molecular weight excluding hydrogens is 248 g/mol. The summed E-state index contributed by atoms with van der Waals surface area (Å²) in [5, 5.41) is 0. The van der Waals surface area contributed by atoms with Gasteiger partial charge in [0.05, 0.1) is 23.2 Å². The van der Waals surface area contributed by atoms with E-state index in [1.54, 1.807) is 7.11 Å². The zero-order valence-corrected chi connectivity index (χ0v) is 11.9. The number of alkyl halides is 1. The first-order chi connectivity index (χ1) is 8.57. The summed E-state index contributed by atoms with van der Waals surface area (Å²) < 4.78 is 7.72. The summed E-state index contributed by atoms with van der Waals surface area (Å²) in [4.78, 5) is 4.64. The molecule has 0 saturated carbocycles. The summed E-state index contributed by atoms with van der Waals surface area (Å²) in [6.07, 6.45) is 0.774. The van der Waals surface area contributed by atoms with Crippen molar-refractivity contribution in [1.82, 2.24) is 9.55 Å². The van der Waals surface area contributed by atoms with E-state index in [9.17, 15) is 0 Å². The molecule has 2 aromatic rings. The smallest absolute Gasteiger partial charge is 0.111 e. The molecule has 98 valence electrons. The van der Waals surface area contributed by atoms with Crippen molar-refractivity contribution in [1.29, 1.82) is 0 Å². The van der Waals surface area contributed by atoms with Crippen molar-refractivity contribution >= 4 is 22.6 Å². The lowest BCUT2D eigenvalue weighted by Crippen LogP contribution is -2.29. The molecule has 0 spiro atoms. The first kappa shape index (κ1) is 13.4. The van der Waals surface area contributed by atoms with Gasteiger partial charge in [0.25, 0.3) is 0 Å². The maximum atomic E-state index is 5.86. The van der Waals surface area contributed by atoms with Gasteiger partial charge in [0.2, 0.25) is 0 Å². The largest absolute Gasteiger partial charge is 0.377 e. The molecule has 18 heavy (non-hydrogen) atoms. The quantitative estimate of drug-likeness (QED) is 0.777. The molecule has 0 N–H and O–H groups in total. The van der Waals surface area contributed by atoms with Gasteiger partial charge in [-0.2, -0.15) is 0 Å². The van der Waals surface area contributed by atoms with Gasteiger partial charge in [-0.15, -0.1) is 11.6 Å². The number of fused-ring (bicyclic) bond motifs is 1. The standard InChI is InChI=1S/C14H19ClN2O/c1-14(2,18-3)10-17-12-7-5-4-6-11(12)16-13(17)8-9-15/h4-7H,8-10H2,1-3H3. The van der Waals surface area contributed by atoms with Crippen LogP contribution in [0, 0.1) is 0 Å². The zero-order valence-electron chi connectivity index (χ0n) is 11.1. The highest BCUT2D eigenvalue weighted by atomic mass is 35.5. The van der Waals surface area contributed by atoms with Crippen LogP contribution in [-0.4, -0.2) is 28.1 Å². The molecule has 0 aliphatic carbocycles. The van der Waals surface area contributed by atoms with Crippen LogP contribution in [0.25, 0.3) is 11.0 Å². The Morgan fingerprint density at radius 1 is 1.33 bits per heavy atom. The zero-order chi connectivity index (χ0) is 13.2. The minimum absolute atomic E-state index is 0.218. The molecule has 4 heteroatoms. The lowest BCUT2D eigenvalue weighted by Gasteiger charge is -2.24. The number of benzene rings is 1. The summed E-state index contributed by atoms with van der Waals surface area (Å²) >= 11 is 5.86. The van der Waals surface area contributed by atoms with Crippen molar-refractivity contribution in [3.05, 3.63) is 30.1 Å². The van der Waals surface area contributed by atoms with E-state index in [0.29, 0.717) is 5.88 Å². The van der Waals surface area contributed by atoms with Gasteiger partial charge >= 0.3 is 0 Å². The summed E-state index contributed by atoms with van der Waals surface area (Å²) in [6.45, 7) is 4.93. The van der Waals surface area contributed by atoms with Crippen molar-refractivity contribution in [2.24, 2.45) is 0 Å². The maximum Gasteiger partial charge on any atom is 0.111 e. The van der Waals surface area contributed by atoms with E-state index in [1.807, 2.05) is 18.2 Å². The fourth-order valence-electron chi connectivity index (χ4n) is 2.02. The second-order valence-corrected chi connectivity index (χ2v) is 5.38. The SMILES string of the molecule is COC(C)(C)Cn1c(CCCl)nc2ccccc21. The van der Waals surface area contributed by atoms with Crippen LogP contribution in [-0.2, 0) is 17.7 Å². The Bertz CT molecular complexity index is 534. The predicted octanol–water partition coefficient (Wildman–Crippen LogP) is 3.24. The highest BCUT2D eigenvalue weighted by Crippen LogP contribution is 2.21. The van der Waals surface area contributed by atoms with Gasteiger partial charge < -0.3 is 9.30 Å². The summed E-state index contributed by atoms with van der Waals surface area (Å²) in [7, 11) is 1.74. The highest BCUT2D eigenvalue weighted by Gasteiger charge is 2.20. The van der Waals surface area contributed by atoms with Crippen LogP contribution < -0.4 is 0 Å². The van der Waals surface area contributed by atoms with Crippen LogP contribution in [0.5, 0.6) is 0 Å². The molecular formula is C14H19ClN2O. The molecule has 3 nitrogen and oxygen atoms in total. The number of imidazole rings is 1. The second kappa shape index (κ2) is 5.29. The number of hydrogen-bond donors (Lipinski definition) is 0. The lowest BCUT2D eigenvalue weighted by molar-refractivity contribution is 0.00846. The minimum Gasteiger partial charge on any atom is -0.377 e. The molecule has 1 aromatic heterocycles. The number of halogens is 1. The van der Waals surface area contributed by atoms with E-state index in [0.717, 1.165) is 29.8 Å². The number of rotatable bonds is 5. The van der Waals surface area contributed by atoms with E-state index in [-0.39, 0.29) is 5.60 Å². The number of nitrogens with zero attached hydrogens (tertiary/aromatic N) is 2. The Morgan fingerprint density at radius 2 is 2.06 bits per heavy atom. The van der Waals surface area contributed by atoms with Gasteiger partial charge in [-0.3, -0.25) is 0 Å². The molecule has 1 heterocycles. The fourth-order valence-corrected chi connectivity index (χ4v) is 2.19. The van der Waals surface area contributed by atoms with E-state index >= 15 is 0 Å². The third kappa shape index (κ3) is 2.68. The summed E-state index contributed by atoms with van der Waals surface area (Å²) in [5.41, 5.74) is 1.94. The Hall–Kier alpha value is -1.06. The highest BCUT2D eigenvalue weighted by molar-refractivity contribution is 6.17. The molecule has 0 amide bonds. The van der Waals surface area contributed by atoms with Crippen LogP contribution in [0.2, 0.25) is 0 Å². The first-order valence-corrected chi connectivity index (χ1v) is 6.66. The van der Waals surface area contributed by atoms with Crippen molar-refractivity contribution in [3.8, 4) is 0 Å². The average molecular weight is 267 g/mol. The van der Waals surface area contributed by atoms with Crippen molar-refractivity contribution in [2.45, 2.75) is 32.4 Å². The van der Waals surface area contributed by atoms with Crippen molar-refractivity contribution in [3.63, 3.8) is 0 Å². The van der Waals surface area contributed by atoms with Crippen LogP contribution >= 0.6 is 11.6 Å². The van der Waals surface area contributed by atoms with E-state index in [4.69, 9.17) is 16.3 Å². The van der Waals surface area contributed by atoms with Crippen molar-refractivity contribution in [2.75, 3.05) is 13.0 Å². The molecule has 2 rings (SSSR count). The van der Waals surface area contributed by atoms with Gasteiger partial charge in [0.1, 0.15) is 5.82 Å². The average Bonchev–Trinajstić information content (AvgIpc) is 2.68. The predicted molar refractivity (Wildman–Crippen MR) is 75.2 cm³/mol. The molecule has 0 atom stereocenters. The Kier molecular flexibility index (Phi) is 3.93. The number of aromatic nitrogens is 2. The Balaban J connectivity index is 2.48. The van der Waals surface area contributed by atoms with E-state index in [2.05, 4.69) is 29.5 Å². The summed E-state index contributed by atoms with van der Waals surface area (Å²) in [6, 6.07) is 8.16. The number of hydrogen-bond acceptors (Lipinski definition) is 2. The number of aryl methyl sites for hydroxylation is 1. The van der Waals surface area contributed by atoms with Crippen LogP contribution in [0.4, 0.5) is 0 Å². The maximum absolute atomic E-state index is 5.86. The third-order valence-electron chi connectivity index (χ3n) is 3.14. The molecule has 0 fully saturated rings. The first-order valence-electron chi connectivity index (χ1n) is 6.12. The molecule has 0 aliphatic rings. The minimum atomic E-state index is -0.218. The lowest BCUT2D eigenvalue weighted by atomic mass is 10.1. The van der Waals surface area contributed by atoms with Gasteiger partial charge in [-0.1, -0.05) is 12.1 Å². The third-order valence-corrected chi connectivity index (χ3v) is 3.33. The topological polar surface area (TPSA) is 27.1 Å². The van der Waals surface area contributed by atoms with Crippen molar-refractivity contribution < 1.29 is 4.74 Å². The Labute approximate surface area is 113 Å². The molecule has 0 saturated heterocycles. The van der Waals surface area contributed by atoms with Crippen LogP contribution in [0.15, 0.2) is 24.3 Å². The van der Waals surface area contributed by atoms with Gasteiger partial charge in [0.15, 0.2) is 0 Å². The fraction of sp³-hybridized carbons (Fsp3) is 0.500. The monoisotopic (exact) mass is 266 g/mol. The van der Waals surface area contributed by atoms with Gasteiger partial charge in [-0.25, -0.2) is 4.98 Å². The normalized spacial score (nSPS) is 12.2. The van der Waals surface area contributed by atoms with Gasteiger partial charge in [-0.05, 0) is 26.0 Å². The molecule has 1 aromatic carbocycles. The second-order valence-electron chi connectivity index (χ2n) is 5.01. The summed E-state index contributed by atoms with van der Waals surface area (Å²) in [5.74, 6) is 1.60. The molecule has 0 bridgehead atoms. The number of methoxy groups -OCH3 is 1. The van der Waals surface area contributed by atoms with Crippen LogP contribution in [0.1, 0.15) is 19.7 Å². The van der Waals surface area contributed by atoms with Crippen LogP contribution in [0.3, 0.4) is 0 Å². The molecule has 0 aliphatic heterocycles. The van der Waals surface area contributed by atoms with E-state index < -0.39 is 0 Å². The van der Waals surface area contributed by atoms with E-state index in [1.165, 1.54) is 0 Å². The number of ether oxygens (including phenoxy) is 1. The van der Waals surface area contributed by atoms with Gasteiger partial charge in [0, 0.05) is 19.4 Å². The Morgan fingerprint density at radius 3 is 2.72 bits per heavy atom.